The Morgan fingerprint density at radius 1 is 1.12 bits per heavy atom. The van der Waals surface area contributed by atoms with Crippen LogP contribution in [0.5, 0.6) is 5.75 Å². The van der Waals surface area contributed by atoms with Gasteiger partial charge in [0.25, 0.3) is 0 Å². The van der Waals surface area contributed by atoms with Crippen LogP contribution in [-0.4, -0.2) is 17.6 Å². The number of hydrogen-bond donors (Lipinski definition) is 2. The number of carbonyl (C=O) groups is 1. The van der Waals surface area contributed by atoms with E-state index >= 15 is 0 Å². The third-order valence-corrected chi connectivity index (χ3v) is 4.44. The van der Waals surface area contributed by atoms with Gasteiger partial charge in [0.15, 0.2) is 0 Å². The summed E-state index contributed by atoms with van der Waals surface area (Å²) < 4.78 is 5.90. The predicted molar refractivity (Wildman–Crippen MR) is 99.4 cm³/mol. The summed E-state index contributed by atoms with van der Waals surface area (Å²) in [7, 11) is 0. The Balaban J connectivity index is 1.49. The number of fused-ring (bicyclic) bond motifs is 1. The zero-order valence-corrected chi connectivity index (χ0v) is 15.1. The molecule has 3 rings (SSSR count). The average Bonchev–Trinajstić information content (AvgIpc) is 2.91. The van der Waals surface area contributed by atoms with Crippen molar-refractivity contribution in [3.05, 3.63) is 65.2 Å². The lowest BCUT2D eigenvalue weighted by atomic mass is 10.0. The fraction of sp³-hybridized carbons (Fsp3) is 0.381. The Bertz CT molecular complexity index is 741. The van der Waals surface area contributed by atoms with E-state index in [9.17, 15) is 4.79 Å². The summed E-state index contributed by atoms with van der Waals surface area (Å²) in [5.41, 5.74) is 3.39. The maximum absolute atomic E-state index is 12.2. The smallest absolute Gasteiger partial charge is 0.237 e. The molecule has 25 heavy (non-hydrogen) atoms. The number of ether oxygens (including phenoxy) is 1. The van der Waals surface area contributed by atoms with Gasteiger partial charge >= 0.3 is 0 Å². The molecule has 0 saturated heterocycles. The summed E-state index contributed by atoms with van der Waals surface area (Å²) >= 11 is 0. The lowest BCUT2D eigenvalue weighted by molar-refractivity contribution is -0.122. The van der Waals surface area contributed by atoms with Crippen LogP contribution < -0.4 is 15.4 Å². The molecule has 0 bridgehead atoms. The molecule has 2 aromatic rings. The van der Waals surface area contributed by atoms with Crippen LogP contribution in [0.3, 0.4) is 0 Å². The van der Waals surface area contributed by atoms with E-state index in [1.54, 1.807) is 0 Å². The van der Waals surface area contributed by atoms with E-state index in [2.05, 4.69) is 36.6 Å². The van der Waals surface area contributed by atoms with Crippen molar-refractivity contribution < 1.29 is 9.53 Å². The fourth-order valence-electron chi connectivity index (χ4n) is 3.07. The Labute approximate surface area is 149 Å². The SMILES string of the molecule is CC(NCc1ccc2c(c1)CC(C)(C)O2)C(=O)NCc1ccccc1. The van der Waals surface area contributed by atoms with E-state index in [0.717, 1.165) is 17.7 Å². The molecular formula is C21H26N2O2. The van der Waals surface area contributed by atoms with E-state index in [1.165, 1.54) is 11.1 Å². The Kier molecular flexibility index (Phi) is 5.09. The highest BCUT2D eigenvalue weighted by Gasteiger charge is 2.29. The van der Waals surface area contributed by atoms with Gasteiger partial charge in [0.05, 0.1) is 6.04 Å². The standard InChI is InChI=1S/C21H26N2O2/c1-15(20(24)23-13-16-7-5-4-6-8-16)22-14-17-9-10-19-18(11-17)12-21(2,3)25-19/h4-11,15,22H,12-14H2,1-3H3,(H,23,24). The number of amides is 1. The number of hydrogen-bond acceptors (Lipinski definition) is 3. The summed E-state index contributed by atoms with van der Waals surface area (Å²) in [5, 5.41) is 6.26. The molecule has 2 aromatic carbocycles. The van der Waals surface area contributed by atoms with Crippen molar-refractivity contribution in [2.75, 3.05) is 0 Å². The highest BCUT2D eigenvalue weighted by atomic mass is 16.5. The van der Waals surface area contributed by atoms with Crippen molar-refractivity contribution in [3.8, 4) is 5.75 Å². The van der Waals surface area contributed by atoms with Crippen LogP contribution >= 0.6 is 0 Å². The largest absolute Gasteiger partial charge is 0.487 e. The van der Waals surface area contributed by atoms with E-state index in [4.69, 9.17) is 4.74 Å². The molecule has 4 heteroatoms. The van der Waals surface area contributed by atoms with Crippen LogP contribution in [-0.2, 0) is 24.3 Å². The molecule has 0 radical (unpaired) electrons. The maximum Gasteiger partial charge on any atom is 0.237 e. The highest BCUT2D eigenvalue weighted by Crippen LogP contribution is 2.35. The summed E-state index contributed by atoms with van der Waals surface area (Å²) in [6.45, 7) is 7.30. The van der Waals surface area contributed by atoms with Crippen LogP contribution in [0.1, 0.15) is 37.5 Å². The third kappa shape index (κ3) is 4.60. The van der Waals surface area contributed by atoms with E-state index in [0.29, 0.717) is 13.1 Å². The summed E-state index contributed by atoms with van der Waals surface area (Å²) in [5.74, 6) is 0.983. The minimum absolute atomic E-state index is 0.00878. The minimum Gasteiger partial charge on any atom is -0.487 e. The molecular weight excluding hydrogens is 312 g/mol. The van der Waals surface area contributed by atoms with E-state index < -0.39 is 0 Å². The fourth-order valence-corrected chi connectivity index (χ4v) is 3.07. The molecule has 1 heterocycles. The summed E-state index contributed by atoms with van der Waals surface area (Å²) in [4.78, 5) is 12.2. The number of carbonyl (C=O) groups excluding carboxylic acids is 1. The number of benzene rings is 2. The van der Waals surface area contributed by atoms with Gasteiger partial charge in [-0.05, 0) is 43.5 Å². The maximum atomic E-state index is 12.2. The summed E-state index contributed by atoms with van der Waals surface area (Å²) in [6, 6.07) is 15.9. The molecule has 0 saturated carbocycles. The minimum atomic E-state index is -0.246. The van der Waals surface area contributed by atoms with Gasteiger partial charge in [-0.25, -0.2) is 0 Å². The third-order valence-electron chi connectivity index (χ3n) is 4.44. The van der Waals surface area contributed by atoms with Crippen molar-refractivity contribution >= 4 is 5.91 Å². The number of rotatable bonds is 6. The molecule has 4 nitrogen and oxygen atoms in total. The first-order chi connectivity index (χ1) is 11.9. The van der Waals surface area contributed by atoms with Crippen molar-refractivity contribution in [2.45, 2.75) is 51.9 Å². The van der Waals surface area contributed by atoms with Crippen LogP contribution in [0.15, 0.2) is 48.5 Å². The average molecular weight is 338 g/mol. The van der Waals surface area contributed by atoms with Crippen LogP contribution in [0.4, 0.5) is 0 Å². The van der Waals surface area contributed by atoms with Gasteiger partial charge in [-0.2, -0.15) is 0 Å². The first-order valence-electron chi connectivity index (χ1n) is 8.79. The van der Waals surface area contributed by atoms with Gasteiger partial charge in [0, 0.05) is 19.5 Å². The first-order valence-corrected chi connectivity index (χ1v) is 8.79. The van der Waals surface area contributed by atoms with Gasteiger partial charge in [0.1, 0.15) is 11.4 Å². The molecule has 1 aliphatic rings. The Morgan fingerprint density at radius 2 is 1.88 bits per heavy atom. The van der Waals surface area contributed by atoms with Crippen molar-refractivity contribution in [1.29, 1.82) is 0 Å². The van der Waals surface area contributed by atoms with Gasteiger partial charge in [-0.15, -0.1) is 0 Å². The van der Waals surface area contributed by atoms with E-state index in [-0.39, 0.29) is 17.6 Å². The molecule has 1 amide bonds. The molecule has 1 aliphatic heterocycles. The molecule has 2 N–H and O–H groups in total. The van der Waals surface area contributed by atoms with Gasteiger partial charge in [-0.3, -0.25) is 4.79 Å². The van der Waals surface area contributed by atoms with Crippen molar-refractivity contribution in [3.63, 3.8) is 0 Å². The van der Waals surface area contributed by atoms with Crippen LogP contribution in [0, 0.1) is 0 Å². The van der Waals surface area contributed by atoms with Gasteiger partial charge < -0.3 is 15.4 Å². The predicted octanol–water partition coefficient (Wildman–Crippen LogP) is 3.19. The topological polar surface area (TPSA) is 50.4 Å². The van der Waals surface area contributed by atoms with E-state index in [1.807, 2.05) is 43.3 Å². The zero-order chi connectivity index (χ0) is 17.9. The van der Waals surface area contributed by atoms with Crippen molar-refractivity contribution in [2.24, 2.45) is 0 Å². The van der Waals surface area contributed by atoms with Crippen LogP contribution in [0.25, 0.3) is 0 Å². The molecule has 132 valence electrons. The quantitative estimate of drug-likeness (QED) is 0.850. The van der Waals surface area contributed by atoms with Crippen molar-refractivity contribution in [1.82, 2.24) is 10.6 Å². The first kappa shape index (κ1) is 17.5. The normalized spacial score (nSPS) is 16.0. The van der Waals surface area contributed by atoms with Crippen LogP contribution in [0.2, 0.25) is 0 Å². The molecule has 0 aromatic heterocycles. The monoisotopic (exact) mass is 338 g/mol. The molecule has 1 atom stereocenters. The zero-order valence-electron chi connectivity index (χ0n) is 15.1. The number of nitrogens with one attached hydrogen (secondary N) is 2. The molecule has 1 unspecified atom stereocenters. The lowest BCUT2D eigenvalue weighted by Gasteiger charge is -2.16. The highest BCUT2D eigenvalue weighted by molar-refractivity contribution is 5.81. The van der Waals surface area contributed by atoms with Gasteiger partial charge in [-0.1, -0.05) is 42.5 Å². The second kappa shape index (κ2) is 7.28. The Hall–Kier alpha value is -2.33. The summed E-state index contributed by atoms with van der Waals surface area (Å²) in [6.07, 6.45) is 0.920. The second-order valence-corrected chi connectivity index (χ2v) is 7.29. The van der Waals surface area contributed by atoms with Gasteiger partial charge in [0.2, 0.25) is 5.91 Å². The molecule has 0 fully saturated rings. The Morgan fingerprint density at radius 3 is 2.64 bits per heavy atom. The molecule has 0 spiro atoms. The lowest BCUT2D eigenvalue weighted by Crippen LogP contribution is -2.41. The second-order valence-electron chi connectivity index (χ2n) is 7.29. The molecule has 0 aliphatic carbocycles.